The number of benzene rings is 1. The highest BCUT2D eigenvalue weighted by atomic mass is 19.1. The molecular weight excluding hydrogens is 229 g/mol. The van der Waals surface area contributed by atoms with E-state index in [0.29, 0.717) is 12.6 Å². The smallest absolute Gasteiger partial charge is 0.123 e. The number of nitrogens with zero attached hydrogens (tertiary/aromatic N) is 2. The van der Waals surface area contributed by atoms with Gasteiger partial charge in [0.2, 0.25) is 0 Å². The number of rotatable bonds is 3. The maximum Gasteiger partial charge on any atom is 0.123 e. The Labute approximate surface area is 108 Å². The van der Waals surface area contributed by atoms with E-state index in [1.165, 1.54) is 6.07 Å². The quantitative estimate of drug-likeness (QED) is 0.883. The zero-order valence-corrected chi connectivity index (χ0v) is 11.1. The van der Waals surface area contributed by atoms with Gasteiger partial charge in [0.05, 0.1) is 0 Å². The van der Waals surface area contributed by atoms with Crippen LogP contribution in [0.5, 0.6) is 0 Å². The molecule has 1 aliphatic rings. The first kappa shape index (κ1) is 13.5. The third kappa shape index (κ3) is 2.88. The number of hydrogen-bond acceptors (Lipinski definition) is 3. The molecule has 1 aromatic carbocycles. The maximum absolute atomic E-state index is 13.3. The first-order valence-corrected chi connectivity index (χ1v) is 6.51. The Hall–Kier alpha value is -0.970. The Morgan fingerprint density at radius 2 is 2.22 bits per heavy atom. The van der Waals surface area contributed by atoms with E-state index in [1.807, 2.05) is 6.07 Å². The molecular formula is C14H22FN3. The predicted octanol–water partition coefficient (Wildman–Crippen LogP) is 1.46. The monoisotopic (exact) mass is 251 g/mol. The van der Waals surface area contributed by atoms with E-state index < -0.39 is 0 Å². The highest BCUT2D eigenvalue weighted by Crippen LogP contribution is 2.24. The average Bonchev–Trinajstić information content (AvgIpc) is 2.33. The van der Waals surface area contributed by atoms with Crippen LogP contribution in [0.15, 0.2) is 24.3 Å². The lowest BCUT2D eigenvalue weighted by atomic mass is 10.0. The van der Waals surface area contributed by atoms with Crippen LogP contribution in [-0.2, 0) is 0 Å². The van der Waals surface area contributed by atoms with Crippen molar-refractivity contribution in [3.63, 3.8) is 0 Å². The van der Waals surface area contributed by atoms with Crippen molar-refractivity contribution in [3.8, 4) is 0 Å². The molecule has 0 saturated carbocycles. The second kappa shape index (κ2) is 5.78. The molecule has 1 aromatic rings. The fraction of sp³-hybridized carbons (Fsp3) is 0.571. The molecule has 2 atom stereocenters. The van der Waals surface area contributed by atoms with Gasteiger partial charge in [0.15, 0.2) is 0 Å². The molecule has 18 heavy (non-hydrogen) atoms. The van der Waals surface area contributed by atoms with Crippen molar-refractivity contribution >= 4 is 0 Å². The fourth-order valence-corrected chi connectivity index (χ4v) is 2.79. The summed E-state index contributed by atoms with van der Waals surface area (Å²) in [6.07, 6.45) is 0. The first-order chi connectivity index (χ1) is 8.61. The topological polar surface area (TPSA) is 32.5 Å². The molecule has 1 heterocycles. The third-order valence-corrected chi connectivity index (χ3v) is 3.74. The molecule has 0 aliphatic carbocycles. The summed E-state index contributed by atoms with van der Waals surface area (Å²) in [7, 11) is 2.13. The van der Waals surface area contributed by atoms with E-state index >= 15 is 0 Å². The molecule has 3 nitrogen and oxygen atoms in total. The van der Waals surface area contributed by atoms with Crippen LogP contribution >= 0.6 is 0 Å². The van der Waals surface area contributed by atoms with Crippen LogP contribution in [0.3, 0.4) is 0 Å². The van der Waals surface area contributed by atoms with Crippen molar-refractivity contribution in [3.05, 3.63) is 35.6 Å². The van der Waals surface area contributed by atoms with Gasteiger partial charge in [0.1, 0.15) is 5.82 Å². The lowest BCUT2D eigenvalue weighted by Gasteiger charge is -2.42. The molecule has 2 rings (SSSR count). The van der Waals surface area contributed by atoms with Crippen molar-refractivity contribution in [2.75, 3.05) is 33.2 Å². The second-order valence-electron chi connectivity index (χ2n) is 5.16. The summed E-state index contributed by atoms with van der Waals surface area (Å²) in [4.78, 5) is 4.70. The number of likely N-dealkylation sites (N-methyl/N-ethyl adjacent to an activating group) is 1. The standard InChI is InChI=1S/C14H22FN3/c1-11-10-17(2)6-7-18(11)14(9-16)12-4-3-5-13(15)8-12/h3-5,8,11,14H,6-7,9-10,16H2,1-2H3. The number of piperazine rings is 1. The summed E-state index contributed by atoms with van der Waals surface area (Å²) in [5.41, 5.74) is 6.89. The van der Waals surface area contributed by atoms with Gasteiger partial charge >= 0.3 is 0 Å². The second-order valence-corrected chi connectivity index (χ2v) is 5.16. The minimum absolute atomic E-state index is 0.115. The van der Waals surface area contributed by atoms with Gasteiger partial charge in [-0.1, -0.05) is 12.1 Å². The van der Waals surface area contributed by atoms with Crippen LogP contribution in [0, 0.1) is 5.82 Å². The van der Waals surface area contributed by atoms with E-state index in [1.54, 1.807) is 12.1 Å². The maximum atomic E-state index is 13.3. The molecule has 0 aromatic heterocycles. The average molecular weight is 251 g/mol. The van der Waals surface area contributed by atoms with Gasteiger partial charge in [-0.15, -0.1) is 0 Å². The fourth-order valence-electron chi connectivity index (χ4n) is 2.79. The van der Waals surface area contributed by atoms with Gasteiger partial charge in [0.25, 0.3) is 0 Å². The Morgan fingerprint density at radius 1 is 1.44 bits per heavy atom. The Kier molecular flexibility index (Phi) is 4.32. The molecule has 1 fully saturated rings. The van der Waals surface area contributed by atoms with E-state index in [2.05, 4.69) is 23.8 Å². The van der Waals surface area contributed by atoms with Crippen LogP contribution in [0.25, 0.3) is 0 Å². The van der Waals surface area contributed by atoms with Gasteiger partial charge in [-0.25, -0.2) is 4.39 Å². The summed E-state index contributed by atoms with van der Waals surface area (Å²) in [5.74, 6) is -0.187. The Morgan fingerprint density at radius 3 is 2.83 bits per heavy atom. The largest absolute Gasteiger partial charge is 0.329 e. The Balaban J connectivity index is 2.18. The Bertz CT molecular complexity index is 396. The predicted molar refractivity (Wildman–Crippen MR) is 71.9 cm³/mol. The molecule has 0 radical (unpaired) electrons. The van der Waals surface area contributed by atoms with Crippen LogP contribution in [0.1, 0.15) is 18.5 Å². The van der Waals surface area contributed by atoms with E-state index in [9.17, 15) is 4.39 Å². The van der Waals surface area contributed by atoms with Crippen molar-refractivity contribution in [2.24, 2.45) is 5.73 Å². The summed E-state index contributed by atoms with van der Waals surface area (Å²) >= 11 is 0. The molecule has 1 saturated heterocycles. The molecule has 0 amide bonds. The minimum atomic E-state index is -0.187. The lowest BCUT2D eigenvalue weighted by Crippen LogP contribution is -2.52. The summed E-state index contributed by atoms with van der Waals surface area (Å²) in [6, 6.07) is 7.36. The third-order valence-electron chi connectivity index (χ3n) is 3.74. The van der Waals surface area contributed by atoms with Crippen molar-refractivity contribution < 1.29 is 4.39 Å². The van der Waals surface area contributed by atoms with Crippen molar-refractivity contribution in [1.29, 1.82) is 0 Å². The number of hydrogen-bond donors (Lipinski definition) is 1. The zero-order chi connectivity index (χ0) is 13.1. The molecule has 1 aliphatic heterocycles. The summed E-state index contributed by atoms with van der Waals surface area (Å²) < 4.78 is 13.3. The van der Waals surface area contributed by atoms with Gasteiger partial charge in [-0.05, 0) is 31.7 Å². The molecule has 100 valence electrons. The van der Waals surface area contributed by atoms with Crippen LogP contribution in [0.4, 0.5) is 4.39 Å². The van der Waals surface area contributed by atoms with Crippen molar-refractivity contribution in [1.82, 2.24) is 9.80 Å². The zero-order valence-electron chi connectivity index (χ0n) is 11.1. The van der Waals surface area contributed by atoms with E-state index in [4.69, 9.17) is 5.73 Å². The molecule has 0 bridgehead atoms. The highest BCUT2D eigenvalue weighted by Gasteiger charge is 2.28. The summed E-state index contributed by atoms with van der Waals surface area (Å²) in [6.45, 7) is 5.78. The SMILES string of the molecule is CC1CN(C)CCN1C(CN)c1cccc(F)c1. The van der Waals surface area contributed by atoms with Crippen molar-refractivity contribution in [2.45, 2.75) is 19.0 Å². The molecule has 4 heteroatoms. The number of nitrogens with two attached hydrogens (primary N) is 1. The normalized spacial score (nSPS) is 24.1. The van der Waals surface area contributed by atoms with Crippen LogP contribution in [-0.4, -0.2) is 49.1 Å². The van der Waals surface area contributed by atoms with Gasteiger partial charge in [0, 0.05) is 38.3 Å². The van der Waals surface area contributed by atoms with E-state index in [0.717, 1.165) is 25.2 Å². The molecule has 2 N–H and O–H groups in total. The summed E-state index contributed by atoms with van der Waals surface area (Å²) in [5, 5.41) is 0. The number of halogens is 1. The van der Waals surface area contributed by atoms with Gasteiger partial charge < -0.3 is 10.6 Å². The molecule has 2 unspecified atom stereocenters. The first-order valence-electron chi connectivity index (χ1n) is 6.51. The van der Waals surface area contributed by atoms with Gasteiger partial charge in [-0.2, -0.15) is 0 Å². The van der Waals surface area contributed by atoms with Crippen LogP contribution < -0.4 is 5.73 Å². The minimum Gasteiger partial charge on any atom is -0.329 e. The molecule has 0 spiro atoms. The van der Waals surface area contributed by atoms with Gasteiger partial charge in [-0.3, -0.25) is 4.90 Å². The van der Waals surface area contributed by atoms with Crippen LogP contribution in [0.2, 0.25) is 0 Å². The lowest BCUT2D eigenvalue weighted by molar-refractivity contribution is 0.0634. The highest BCUT2D eigenvalue weighted by molar-refractivity contribution is 5.21. The van der Waals surface area contributed by atoms with E-state index in [-0.39, 0.29) is 11.9 Å².